The average Bonchev–Trinajstić information content (AvgIpc) is 2.88. The summed E-state index contributed by atoms with van der Waals surface area (Å²) in [6.07, 6.45) is -0.118. The maximum absolute atomic E-state index is 12.8. The highest BCUT2D eigenvalue weighted by Gasteiger charge is 2.21. The van der Waals surface area contributed by atoms with E-state index in [1.54, 1.807) is 48.5 Å². The number of hydrogen-bond acceptors (Lipinski definition) is 5. The van der Waals surface area contributed by atoms with E-state index in [0.29, 0.717) is 28.7 Å². The maximum atomic E-state index is 12.8. The second-order valence-electron chi connectivity index (χ2n) is 7.42. The summed E-state index contributed by atoms with van der Waals surface area (Å²) in [6, 6.07) is 19.8. The van der Waals surface area contributed by atoms with E-state index in [0.717, 1.165) is 5.56 Å². The van der Waals surface area contributed by atoms with Crippen LogP contribution in [0, 0.1) is 0 Å². The van der Waals surface area contributed by atoms with Gasteiger partial charge in [0, 0.05) is 5.56 Å². The lowest BCUT2D eigenvalue weighted by atomic mass is 10.0. The van der Waals surface area contributed by atoms with Gasteiger partial charge >= 0.3 is 0 Å². The second-order valence-corrected chi connectivity index (χ2v) is 7.83. The quantitative estimate of drug-likeness (QED) is 0.388. The van der Waals surface area contributed by atoms with Crippen molar-refractivity contribution >= 4 is 29.3 Å². The molecule has 3 aromatic rings. The van der Waals surface area contributed by atoms with Crippen molar-refractivity contribution in [2.75, 3.05) is 13.7 Å². The van der Waals surface area contributed by atoms with Gasteiger partial charge in [0.25, 0.3) is 11.8 Å². The molecule has 0 fully saturated rings. The molecule has 0 aliphatic rings. The van der Waals surface area contributed by atoms with Crippen LogP contribution in [0.25, 0.3) is 0 Å². The van der Waals surface area contributed by atoms with E-state index in [2.05, 4.69) is 16.2 Å². The SMILES string of the molecule is CCOc1ccc(C(=O)NNC(=O)C[C@@H](NC(=O)c2ccccc2Cl)c2ccccc2)cc1OC. The van der Waals surface area contributed by atoms with Crippen LogP contribution >= 0.6 is 11.6 Å². The van der Waals surface area contributed by atoms with Crippen LogP contribution in [0.4, 0.5) is 0 Å². The maximum Gasteiger partial charge on any atom is 0.269 e. The summed E-state index contributed by atoms with van der Waals surface area (Å²) >= 11 is 6.14. The number of ether oxygens (including phenoxy) is 2. The molecule has 3 N–H and O–H groups in total. The Morgan fingerprint density at radius 2 is 1.60 bits per heavy atom. The smallest absolute Gasteiger partial charge is 0.269 e. The van der Waals surface area contributed by atoms with E-state index in [9.17, 15) is 14.4 Å². The summed E-state index contributed by atoms with van der Waals surface area (Å²) in [4.78, 5) is 38.0. The molecular formula is C26H26ClN3O5. The number of amides is 3. The Morgan fingerprint density at radius 3 is 2.29 bits per heavy atom. The Balaban J connectivity index is 1.66. The van der Waals surface area contributed by atoms with Gasteiger partial charge in [0.2, 0.25) is 5.91 Å². The van der Waals surface area contributed by atoms with Crippen LogP contribution in [-0.2, 0) is 4.79 Å². The van der Waals surface area contributed by atoms with Gasteiger partial charge in [-0.25, -0.2) is 0 Å². The topological polar surface area (TPSA) is 106 Å². The molecule has 9 heteroatoms. The number of benzene rings is 3. The molecule has 0 saturated carbocycles. The first kappa shape index (κ1) is 25.6. The molecule has 0 unspecified atom stereocenters. The first-order valence-electron chi connectivity index (χ1n) is 10.9. The summed E-state index contributed by atoms with van der Waals surface area (Å²) in [5.74, 6) is -0.531. The predicted octanol–water partition coefficient (Wildman–Crippen LogP) is 4.07. The van der Waals surface area contributed by atoms with E-state index in [4.69, 9.17) is 21.1 Å². The number of rotatable bonds is 9. The van der Waals surface area contributed by atoms with Crippen LogP contribution < -0.4 is 25.6 Å². The van der Waals surface area contributed by atoms with Gasteiger partial charge in [0.05, 0.1) is 36.8 Å². The summed E-state index contributed by atoms with van der Waals surface area (Å²) in [7, 11) is 1.47. The Hall–Kier alpha value is -4.04. The molecule has 182 valence electrons. The Morgan fingerprint density at radius 1 is 0.886 bits per heavy atom. The average molecular weight is 496 g/mol. The van der Waals surface area contributed by atoms with Crippen molar-refractivity contribution in [2.45, 2.75) is 19.4 Å². The van der Waals surface area contributed by atoms with Crippen molar-refractivity contribution in [3.8, 4) is 11.5 Å². The second kappa shape index (κ2) is 12.4. The summed E-state index contributed by atoms with van der Waals surface area (Å²) in [5, 5.41) is 3.15. The lowest BCUT2D eigenvalue weighted by molar-refractivity contribution is -0.122. The van der Waals surface area contributed by atoms with Gasteiger partial charge < -0.3 is 14.8 Å². The molecule has 3 rings (SSSR count). The molecule has 3 aromatic carbocycles. The van der Waals surface area contributed by atoms with E-state index < -0.39 is 23.8 Å². The minimum atomic E-state index is -0.651. The van der Waals surface area contributed by atoms with Gasteiger partial charge in [-0.15, -0.1) is 0 Å². The molecule has 0 bridgehead atoms. The highest BCUT2D eigenvalue weighted by molar-refractivity contribution is 6.33. The monoisotopic (exact) mass is 495 g/mol. The third kappa shape index (κ3) is 6.97. The van der Waals surface area contributed by atoms with Gasteiger partial charge in [-0.3, -0.25) is 25.2 Å². The minimum absolute atomic E-state index is 0.118. The van der Waals surface area contributed by atoms with Gasteiger partial charge in [0.15, 0.2) is 11.5 Å². The molecule has 0 heterocycles. The van der Waals surface area contributed by atoms with Crippen LogP contribution in [0.5, 0.6) is 11.5 Å². The molecule has 0 saturated heterocycles. The van der Waals surface area contributed by atoms with Crippen molar-refractivity contribution in [2.24, 2.45) is 0 Å². The first-order chi connectivity index (χ1) is 16.9. The molecule has 0 radical (unpaired) electrons. The van der Waals surface area contributed by atoms with Gasteiger partial charge in [-0.2, -0.15) is 0 Å². The number of hydrazine groups is 1. The van der Waals surface area contributed by atoms with Crippen molar-refractivity contribution in [1.82, 2.24) is 16.2 Å². The lowest BCUT2D eigenvalue weighted by Crippen LogP contribution is -2.43. The predicted molar refractivity (Wildman–Crippen MR) is 132 cm³/mol. The normalized spacial score (nSPS) is 11.2. The number of methoxy groups -OCH3 is 1. The van der Waals surface area contributed by atoms with Crippen molar-refractivity contribution in [3.63, 3.8) is 0 Å². The number of hydrogen-bond donors (Lipinski definition) is 3. The van der Waals surface area contributed by atoms with E-state index >= 15 is 0 Å². The molecule has 0 aliphatic heterocycles. The molecule has 0 spiro atoms. The van der Waals surface area contributed by atoms with Gasteiger partial charge in [-0.05, 0) is 42.8 Å². The van der Waals surface area contributed by atoms with E-state index in [1.807, 2.05) is 25.1 Å². The fourth-order valence-electron chi connectivity index (χ4n) is 3.34. The van der Waals surface area contributed by atoms with Crippen LogP contribution in [0.1, 0.15) is 45.7 Å². The van der Waals surface area contributed by atoms with Crippen LogP contribution in [0.2, 0.25) is 5.02 Å². The first-order valence-corrected chi connectivity index (χ1v) is 11.3. The summed E-state index contributed by atoms with van der Waals surface area (Å²) in [5.41, 5.74) is 6.08. The highest BCUT2D eigenvalue weighted by atomic mass is 35.5. The van der Waals surface area contributed by atoms with Crippen LogP contribution in [0.3, 0.4) is 0 Å². The zero-order valence-electron chi connectivity index (χ0n) is 19.3. The van der Waals surface area contributed by atoms with Crippen LogP contribution in [-0.4, -0.2) is 31.4 Å². The van der Waals surface area contributed by atoms with Crippen molar-refractivity contribution < 1.29 is 23.9 Å². The molecule has 0 aromatic heterocycles. The third-order valence-corrected chi connectivity index (χ3v) is 5.39. The fourth-order valence-corrected chi connectivity index (χ4v) is 3.56. The van der Waals surface area contributed by atoms with Crippen molar-refractivity contribution in [1.29, 1.82) is 0 Å². The van der Waals surface area contributed by atoms with Crippen LogP contribution in [0.15, 0.2) is 72.8 Å². The Labute approximate surface area is 208 Å². The standard InChI is InChI=1S/C26H26ClN3O5/c1-3-35-22-14-13-18(15-23(22)34-2)25(32)30-29-24(31)16-21(17-9-5-4-6-10-17)28-26(33)19-11-7-8-12-20(19)27/h4-15,21H,3,16H2,1-2H3,(H,28,33)(H,29,31)(H,30,32)/t21-/m1/s1. The number of carbonyl (C=O) groups excluding carboxylic acids is 3. The molecule has 1 atom stereocenters. The molecular weight excluding hydrogens is 470 g/mol. The fraction of sp³-hybridized carbons (Fsp3) is 0.192. The number of halogens is 1. The number of nitrogens with one attached hydrogen (secondary N) is 3. The molecule has 0 aliphatic carbocycles. The summed E-state index contributed by atoms with van der Waals surface area (Å²) in [6.45, 7) is 2.29. The Kier molecular flexibility index (Phi) is 9.09. The zero-order valence-corrected chi connectivity index (χ0v) is 20.1. The largest absolute Gasteiger partial charge is 0.493 e. The highest BCUT2D eigenvalue weighted by Crippen LogP contribution is 2.28. The van der Waals surface area contributed by atoms with Crippen molar-refractivity contribution in [3.05, 3.63) is 94.5 Å². The van der Waals surface area contributed by atoms with Gasteiger partial charge in [-0.1, -0.05) is 54.1 Å². The Bertz CT molecular complexity index is 1190. The van der Waals surface area contributed by atoms with Gasteiger partial charge in [0.1, 0.15) is 0 Å². The molecule has 8 nitrogen and oxygen atoms in total. The van der Waals surface area contributed by atoms with E-state index in [-0.39, 0.29) is 12.0 Å². The number of carbonyl (C=O) groups is 3. The summed E-state index contributed by atoms with van der Waals surface area (Å²) < 4.78 is 10.7. The third-order valence-electron chi connectivity index (χ3n) is 5.06. The lowest BCUT2D eigenvalue weighted by Gasteiger charge is -2.19. The molecule has 3 amide bonds. The molecule has 35 heavy (non-hydrogen) atoms. The minimum Gasteiger partial charge on any atom is -0.493 e. The van der Waals surface area contributed by atoms with E-state index in [1.165, 1.54) is 13.2 Å². The zero-order chi connectivity index (χ0) is 25.2.